The Morgan fingerprint density at radius 1 is 0.944 bits per heavy atom. The van der Waals surface area contributed by atoms with Crippen molar-refractivity contribution in [3.05, 3.63) is 0 Å². The van der Waals surface area contributed by atoms with Crippen LogP contribution in [-0.2, 0) is 9.53 Å². The van der Waals surface area contributed by atoms with Gasteiger partial charge in [-0.1, -0.05) is 70.3 Å². The highest BCUT2D eigenvalue weighted by molar-refractivity contribution is 9.09. The van der Waals surface area contributed by atoms with Crippen LogP contribution in [0.15, 0.2) is 0 Å². The maximum absolute atomic E-state index is 12.3. The largest absolute Gasteiger partial charge is 0.462 e. The van der Waals surface area contributed by atoms with Crippen LogP contribution < -0.4 is 0 Å². The summed E-state index contributed by atoms with van der Waals surface area (Å²) in [5.74, 6) is 7.13. The minimum absolute atomic E-state index is 0.0231. The highest BCUT2D eigenvalue weighted by atomic mass is 79.9. The first-order valence-electron chi connectivity index (χ1n) is 15.9. The van der Waals surface area contributed by atoms with Gasteiger partial charge in [0.15, 0.2) is 0 Å². The summed E-state index contributed by atoms with van der Waals surface area (Å²) in [5.41, 5.74) is 1.05. The molecule has 0 aromatic carbocycles. The lowest BCUT2D eigenvalue weighted by atomic mass is 9.44. The third-order valence-electron chi connectivity index (χ3n) is 12.7. The summed E-state index contributed by atoms with van der Waals surface area (Å²) in [7, 11) is 0. The van der Waals surface area contributed by atoms with Gasteiger partial charge in [-0.2, -0.15) is 0 Å². The molecule has 0 spiro atoms. The van der Waals surface area contributed by atoms with E-state index in [1.54, 1.807) is 0 Å². The van der Waals surface area contributed by atoms with Crippen molar-refractivity contribution in [3.8, 4) is 0 Å². The van der Waals surface area contributed by atoms with Crippen molar-refractivity contribution in [1.82, 2.24) is 0 Å². The molecule has 4 saturated carbocycles. The molecule has 4 aliphatic rings. The molecule has 4 fully saturated rings. The number of halogens is 1. The lowest BCUT2D eigenvalue weighted by Gasteiger charge is -2.61. The fourth-order valence-corrected chi connectivity index (χ4v) is 10.7. The maximum atomic E-state index is 12.3. The number of alkyl halides is 1. The van der Waals surface area contributed by atoms with E-state index < -0.39 is 0 Å². The van der Waals surface area contributed by atoms with Gasteiger partial charge in [0.25, 0.3) is 0 Å². The van der Waals surface area contributed by atoms with E-state index in [1.165, 1.54) is 64.2 Å². The second kappa shape index (κ2) is 12.0. The number of rotatable bonds is 10. The van der Waals surface area contributed by atoms with E-state index in [0.29, 0.717) is 17.3 Å². The fourth-order valence-electron chi connectivity index (χ4n) is 10.4. The Bertz CT molecular complexity index is 735. The van der Waals surface area contributed by atoms with Crippen molar-refractivity contribution >= 4 is 21.9 Å². The van der Waals surface area contributed by atoms with E-state index >= 15 is 0 Å². The Hall–Kier alpha value is -0.0500. The number of hydrogen-bond acceptors (Lipinski definition) is 2. The van der Waals surface area contributed by atoms with Crippen LogP contribution in [0.5, 0.6) is 0 Å². The standard InChI is InChI=1S/C33H57BrO2/c1-7-24(22(2)3)11-10-23(4)28-14-15-29-27-13-12-25-21-26(36-31(35)9-8-20-34)16-18-32(25,5)30(27)17-19-33(28,29)6/h22-30H,7-21H2,1-6H3/t23-,24-,25+,26+,27+,28-,29+,30+,32+,33-/m1/s1. The van der Waals surface area contributed by atoms with Crippen LogP contribution >= 0.6 is 15.9 Å². The highest BCUT2D eigenvalue weighted by Gasteiger charge is 2.60. The van der Waals surface area contributed by atoms with E-state index in [1.807, 2.05) is 0 Å². The summed E-state index contributed by atoms with van der Waals surface area (Å²) in [4.78, 5) is 12.3. The van der Waals surface area contributed by atoms with Gasteiger partial charge in [-0.25, -0.2) is 0 Å². The van der Waals surface area contributed by atoms with Gasteiger partial charge in [-0.05, 0) is 129 Å². The third-order valence-corrected chi connectivity index (χ3v) is 13.2. The van der Waals surface area contributed by atoms with Crippen molar-refractivity contribution in [2.45, 2.75) is 138 Å². The average Bonchev–Trinajstić information content (AvgIpc) is 3.20. The summed E-state index contributed by atoms with van der Waals surface area (Å²) < 4.78 is 5.95. The molecule has 0 N–H and O–H groups in total. The Labute approximate surface area is 232 Å². The first kappa shape index (κ1) is 28.9. The van der Waals surface area contributed by atoms with Gasteiger partial charge >= 0.3 is 5.97 Å². The van der Waals surface area contributed by atoms with Crippen LogP contribution in [0.1, 0.15) is 131 Å². The van der Waals surface area contributed by atoms with Gasteiger partial charge in [-0.3, -0.25) is 4.79 Å². The monoisotopic (exact) mass is 564 g/mol. The summed E-state index contributed by atoms with van der Waals surface area (Å²) in [6, 6.07) is 0. The Balaban J connectivity index is 1.38. The van der Waals surface area contributed by atoms with Crippen LogP contribution in [0.25, 0.3) is 0 Å². The molecule has 4 aliphatic carbocycles. The maximum Gasteiger partial charge on any atom is 0.306 e. The van der Waals surface area contributed by atoms with E-state index in [-0.39, 0.29) is 12.1 Å². The van der Waals surface area contributed by atoms with Gasteiger partial charge in [0.2, 0.25) is 0 Å². The number of ether oxygens (including phenoxy) is 1. The van der Waals surface area contributed by atoms with Gasteiger partial charge in [-0.15, -0.1) is 0 Å². The topological polar surface area (TPSA) is 26.3 Å². The molecule has 0 saturated heterocycles. The molecule has 0 amide bonds. The Kier molecular flexibility index (Phi) is 9.64. The summed E-state index contributed by atoms with van der Waals surface area (Å²) >= 11 is 3.44. The Morgan fingerprint density at radius 3 is 2.36 bits per heavy atom. The van der Waals surface area contributed by atoms with E-state index in [4.69, 9.17) is 4.74 Å². The summed E-state index contributed by atoms with van der Waals surface area (Å²) in [6.07, 6.45) is 18.0. The molecule has 2 nitrogen and oxygen atoms in total. The predicted molar refractivity (Wildman–Crippen MR) is 155 cm³/mol. The van der Waals surface area contributed by atoms with Crippen molar-refractivity contribution in [2.75, 3.05) is 5.33 Å². The van der Waals surface area contributed by atoms with Crippen molar-refractivity contribution in [1.29, 1.82) is 0 Å². The fraction of sp³-hybridized carbons (Fsp3) is 0.970. The third kappa shape index (κ3) is 5.62. The average molecular weight is 566 g/mol. The number of hydrogen-bond donors (Lipinski definition) is 0. The number of esters is 1. The Morgan fingerprint density at radius 2 is 1.67 bits per heavy atom. The molecule has 36 heavy (non-hydrogen) atoms. The predicted octanol–water partition coefficient (Wildman–Crippen LogP) is 9.83. The molecule has 0 aromatic heterocycles. The minimum atomic E-state index is 0.0231. The lowest BCUT2D eigenvalue weighted by Crippen LogP contribution is -2.54. The van der Waals surface area contributed by atoms with Crippen LogP contribution in [0.4, 0.5) is 0 Å². The first-order chi connectivity index (χ1) is 17.1. The molecular weight excluding hydrogens is 508 g/mol. The van der Waals surface area contributed by atoms with Crippen molar-refractivity contribution in [2.24, 2.45) is 58.2 Å². The highest BCUT2D eigenvalue weighted by Crippen LogP contribution is 2.68. The lowest BCUT2D eigenvalue weighted by molar-refractivity contribution is -0.162. The second-order valence-corrected chi connectivity index (χ2v) is 15.3. The molecule has 0 unspecified atom stereocenters. The first-order valence-corrected chi connectivity index (χ1v) is 17.0. The molecule has 0 heterocycles. The van der Waals surface area contributed by atoms with Crippen molar-refractivity contribution in [3.63, 3.8) is 0 Å². The molecular formula is C33H57BrO2. The zero-order valence-corrected chi connectivity index (χ0v) is 26.1. The molecule has 0 aliphatic heterocycles. The van der Waals surface area contributed by atoms with Crippen molar-refractivity contribution < 1.29 is 9.53 Å². The number of carbonyl (C=O) groups excluding carboxylic acids is 1. The molecule has 0 bridgehead atoms. The normalized spacial score (nSPS) is 41.8. The van der Waals surface area contributed by atoms with Crippen LogP contribution in [-0.4, -0.2) is 17.4 Å². The summed E-state index contributed by atoms with van der Waals surface area (Å²) in [5, 5.41) is 0.882. The number of fused-ring (bicyclic) bond motifs is 5. The van der Waals surface area contributed by atoms with Gasteiger partial charge < -0.3 is 4.74 Å². The molecule has 0 radical (unpaired) electrons. The zero-order valence-electron chi connectivity index (χ0n) is 24.5. The minimum Gasteiger partial charge on any atom is -0.462 e. The number of carbonyl (C=O) groups is 1. The quantitative estimate of drug-likeness (QED) is 0.195. The van der Waals surface area contributed by atoms with Gasteiger partial charge in [0.1, 0.15) is 6.10 Å². The van der Waals surface area contributed by atoms with Crippen LogP contribution in [0, 0.1) is 58.2 Å². The van der Waals surface area contributed by atoms with Crippen LogP contribution in [0.2, 0.25) is 0 Å². The molecule has 3 heteroatoms. The molecule has 0 aromatic rings. The van der Waals surface area contributed by atoms with Gasteiger partial charge in [0.05, 0.1) is 0 Å². The SMILES string of the molecule is CC[C@H](CC[C@@H](C)[C@H]1CC[C@H]2[C@@H]3CC[C@H]4C[C@@H](OC(=O)CCCBr)CC[C@]4(C)[C@H]3CC[C@]12C)C(C)C. The summed E-state index contributed by atoms with van der Waals surface area (Å²) in [6.45, 7) is 15.2. The van der Waals surface area contributed by atoms with Crippen LogP contribution in [0.3, 0.4) is 0 Å². The molecule has 10 atom stereocenters. The van der Waals surface area contributed by atoms with E-state index in [0.717, 1.165) is 71.9 Å². The smallest absolute Gasteiger partial charge is 0.306 e. The van der Waals surface area contributed by atoms with E-state index in [9.17, 15) is 4.79 Å². The van der Waals surface area contributed by atoms with E-state index in [2.05, 4.69) is 57.5 Å². The molecule has 208 valence electrons. The zero-order chi connectivity index (χ0) is 26.1. The molecule has 4 rings (SSSR count). The second-order valence-electron chi connectivity index (χ2n) is 14.5. The van der Waals surface area contributed by atoms with Gasteiger partial charge in [0, 0.05) is 11.8 Å².